The molecule has 2 amide bonds. The van der Waals surface area contributed by atoms with Crippen LogP contribution < -0.4 is 0 Å². The maximum atomic E-state index is 12.1. The van der Waals surface area contributed by atoms with Gasteiger partial charge in [-0.2, -0.15) is 0 Å². The van der Waals surface area contributed by atoms with Crippen LogP contribution in [0.5, 0.6) is 0 Å². The van der Waals surface area contributed by atoms with E-state index in [2.05, 4.69) is 0 Å². The molecule has 3 atom stereocenters. The van der Waals surface area contributed by atoms with Crippen molar-refractivity contribution in [2.24, 2.45) is 11.8 Å². The van der Waals surface area contributed by atoms with E-state index < -0.39 is 0 Å². The molecular weight excluding hydrogens is 206 g/mol. The summed E-state index contributed by atoms with van der Waals surface area (Å²) in [5, 5.41) is 9.21. The largest absolute Gasteiger partial charge is 0.394 e. The molecule has 0 aromatic carbocycles. The van der Waals surface area contributed by atoms with Gasteiger partial charge in [-0.05, 0) is 19.3 Å². The van der Waals surface area contributed by atoms with Crippen LogP contribution >= 0.6 is 0 Å². The third-order valence-electron chi connectivity index (χ3n) is 3.92. The number of carbonyl (C=O) groups is 2. The van der Waals surface area contributed by atoms with Gasteiger partial charge in [0.15, 0.2) is 0 Å². The number of hydrogen-bond donors (Lipinski definition) is 1. The molecule has 4 nitrogen and oxygen atoms in total. The molecule has 0 aromatic heterocycles. The van der Waals surface area contributed by atoms with Gasteiger partial charge in [0.2, 0.25) is 11.8 Å². The summed E-state index contributed by atoms with van der Waals surface area (Å²) in [6.45, 7) is 1.77. The van der Waals surface area contributed by atoms with Crippen molar-refractivity contribution >= 4 is 11.8 Å². The summed E-state index contributed by atoms with van der Waals surface area (Å²) in [6, 6.07) is -0.314. The second kappa shape index (κ2) is 4.53. The molecule has 1 N–H and O–H groups in total. The van der Waals surface area contributed by atoms with E-state index in [9.17, 15) is 14.7 Å². The fourth-order valence-electron chi connectivity index (χ4n) is 2.94. The highest BCUT2D eigenvalue weighted by Crippen LogP contribution is 2.39. The third-order valence-corrected chi connectivity index (χ3v) is 3.92. The molecule has 0 bridgehead atoms. The zero-order valence-corrected chi connectivity index (χ0v) is 9.69. The Morgan fingerprint density at radius 1 is 1.25 bits per heavy atom. The molecule has 1 saturated heterocycles. The number of rotatable bonds is 3. The molecular formula is C12H19NO3. The molecule has 0 spiro atoms. The molecule has 2 fully saturated rings. The number of hydrogen-bond acceptors (Lipinski definition) is 3. The summed E-state index contributed by atoms with van der Waals surface area (Å²) in [5.41, 5.74) is 0. The molecule has 2 rings (SSSR count). The summed E-state index contributed by atoms with van der Waals surface area (Å²) >= 11 is 0. The van der Waals surface area contributed by atoms with E-state index in [0.717, 1.165) is 25.7 Å². The minimum atomic E-state index is -0.314. The van der Waals surface area contributed by atoms with Crippen LogP contribution in [-0.2, 0) is 9.59 Å². The van der Waals surface area contributed by atoms with E-state index in [1.807, 2.05) is 6.92 Å². The molecule has 4 heteroatoms. The summed E-state index contributed by atoms with van der Waals surface area (Å²) < 4.78 is 0. The monoisotopic (exact) mass is 225 g/mol. The van der Waals surface area contributed by atoms with Crippen LogP contribution in [0.3, 0.4) is 0 Å². The number of amides is 2. The Bertz CT molecular complexity index is 275. The van der Waals surface area contributed by atoms with Crippen LogP contribution in [0.15, 0.2) is 0 Å². The fraction of sp³-hybridized carbons (Fsp3) is 0.833. The van der Waals surface area contributed by atoms with Crippen molar-refractivity contribution in [3.05, 3.63) is 0 Å². The molecule has 1 aliphatic heterocycles. The predicted octanol–water partition coefficient (Wildman–Crippen LogP) is 0.932. The summed E-state index contributed by atoms with van der Waals surface area (Å²) in [5.74, 6) is -0.282. The maximum absolute atomic E-state index is 12.1. The lowest BCUT2D eigenvalue weighted by atomic mass is 9.81. The van der Waals surface area contributed by atoms with Gasteiger partial charge in [-0.15, -0.1) is 0 Å². The van der Waals surface area contributed by atoms with Crippen molar-refractivity contribution in [3.63, 3.8) is 0 Å². The van der Waals surface area contributed by atoms with Gasteiger partial charge >= 0.3 is 0 Å². The van der Waals surface area contributed by atoms with Crippen molar-refractivity contribution in [3.8, 4) is 0 Å². The molecule has 2 unspecified atom stereocenters. The summed E-state index contributed by atoms with van der Waals surface area (Å²) in [6.07, 6.45) is 4.41. The van der Waals surface area contributed by atoms with E-state index in [-0.39, 0.29) is 36.3 Å². The summed E-state index contributed by atoms with van der Waals surface area (Å²) in [7, 11) is 0. The minimum Gasteiger partial charge on any atom is -0.394 e. The highest BCUT2D eigenvalue weighted by Gasteiger charge is 2.49. The Labute approximate surface area is 95.6 Å². The van der Waals surface area contributed by atoms with Crippen molar-refractivity contribution in [2.45, 2.75) is 45.1 Å². The maximum Gasteiger partial charge on any atom is 0.233 e. The number of nitrogens with zero attached hydrogens (tertiary/aromatic N) is 1. The van der Waals surface area contributed by atoms with E-state index in [1.54, 1.807) is 0 Å². The van der Waals surface area contributed by atoms with Gasteiger partial charge in [-0.25, -0.2) is 0 Å². The Kier molecular flexibility index (Phi) is 3.28. The molecule has 0 radical (unpaired) electrons. The van der Waals surface area contributed by atoms with Gasteiger partial charge in [-0.1, -0.05) is 19.8 Å². The Morgan fingerprint density at radius 2 is 1.75 bits per heavy atom. The number of aliphatic hydroxyl groups is 1. The summed E-state index contributed by atoms with van der Waals surface area (Å²) in [4.78, 5) is 25.5. The first-order chi connectivity index (χ1) is 7.70. The van der Waals surface area contributed by atoms with Gasteiger partial charge in [-0.3, -0.25) is 14.5 Å². The average molecular weight is 225 g/mol. The van der Waals surface area contributed by atoms with Crippen LogP contribution in [-0.4, -0.2) is 34.5 Å². The first kappa shape index (κ1) is 11.6. The van der Waals surface area contributed by atoms with Gasteiger partial charge < -0.3 is 5.11 Å². The highest BCUT2D eigenvalue weighted by atomic mass is 16.3. The van der Waals surface area contributed by atoms with E-state index in [0.29, 0.717) is 6.42 Å². The van der Waals surface area contributed by atoms with Crippen molar-refractivity contribution in [1.82, 2.24) is 4.90 Å². The van der Waals surface area contributed by atoms with Crippen LogP contribution in [0, 0.1) is 11.8 Å². The predicted molar refractivity (Wildman–Crippen MR) is 58.5 cm³/mol. The van der Waals surface area contributed by atoms with Gasteiger partial charge in [0, 0.05) is 0 Å². The number of imide groups is 1. The second-order valence-electron chi connectivity index (χ2n) is 4.79. The topological polar surface area (TPSA) is 57.6 Å². The lowest BCUT2D eigenvalue weighted by Crippen LogP contribution is -2.42. The van der Waals surface area contributed by atoms with Gasteiger partial charge in [0.05, 0.1) is 24.5 Å². The Balaban J connectivity index is 2.21. The average Bonchev–Trinajstić information content (AvgIpc) is 2.57. The first-order valence-corrected chi connectivity index (χ1v) is 6.18. The second-order valence-corrected chi connectivity index (χ2v) is 4.79. The van der Waals surface area contributed by atoms with Crippen LogP contribution in [0.1, 0.15) is 39.0 Å². The number of carbonyl (C=O) groups excluding carboxylic acids is 2. The van der Waals surface area contributed by atoms with E-state index in [4.69, 9.17) is 0 Å². The molecule has 0 aromatic rings. The van der Waals surface area contributed by atoms with E-state index in [1.165, 1.54) is 4.90 Å². The SMILES string of the molecule is CC[C@@H](CO)N1C(=O)C2CCCCC2C1=O. The standard InChI is InChI=1S/C12H19NO3/c1-2-8(7-14)13-11(15)9-5-3-4-6-10(9)12(13)16/h8-10,14H,2-7H2,1H3/t8-,9?,10?/m0/s1. The quantitative estimate of drug-likeness (QED) is 0.727. The van der Waals surface area contributed by atoms with E-state index >= 15 is 0 Å². The molecule has 1 heterocycles. The lowest BCUT2D eigenvalue weighted by molar-refractivity contribution is -0.143. The Hall–Kier alpha value is -0.900. The van der Waals surface area contributed by atoms with Gasteiger partial charge in [0.25, 0.3) is 0 Å². The third kappa shape index (κ3) is 1.65. The molecule has 1 aliphatic carbocycles. The first-order valence-electron chi connectivity index (χ1n) is 6.18. The number of aliphatic hydroxyl groups excluding tert-OH is 1. The number of likely N-dealkylation sites (tertiary alicyclic amines) is 1. The van der Waals surface area contributed by atoms with Crippen molar-refractivity contribution in [1.29, 1.82) is 0 Å². The highest BCUT2D eigenvalue weighted by molar-refractivity contribution is 6.05. The van der Waals surface area contributed by atoms with Crippen molar-refractivity contribution in [2.75, 3.05) is 6.61 Å². The molecule has 16 heavy (non-hydrogen) atoms. The van der Waals surface area contributed by atoms with Crippen LogP contribution in [0.25, 0.3) is 0 Å². The van der Waals surface area contributed by atoms with Crippen LogP contribution in [0.2, 0.25) is 0 Å². The fourth-order valence-corrected chi connectivity index (χ4v) is 2.94. The number of fused-ring (bicyclic) bond motifs is 1. The minimum absolute atomic E-state index is 0.0457. The van der Waals surface area contributed by atoms with Crippen molar-refractivity contribution < 1.29 is 14.7 Å². The Morgan fingerprint density at radius 3 is 2.12 bits per heavy atom. The molecule has 1 saturated carbocycles. The lowest BCUT2D eigenvalue weighted by Gasteiger charge is -2.23. The zero-order valence-electron chi connectivity index (χ0n) is 9.69. The normalized spacial score (nSPS) is 31.8. The van der Waals surface area contributed by atoms with Crippen LogP contribution in [0.4, 0.5) is 0 Å². The molecule has 2 aliphatic rings. The molecule has 90 valence electrons. The zero-order chi connectivity index (χ0) is 11.7. The smallest absolute Gasteiger partial charge is 0.233 e. The van der Waals surface area contributed by atoms with Gasteiger partial charge in [0.1, 0.15) is 0 Å².